The van der Waals surface area contributed by atoms with E-state index in [0.29, 0.717) is 52.3 Å². The van der Waals surface area contributed by atoms with Crippen LogP contribution < -0.4 is 20.2 Å². The zero-order valence-corrected chi connectivity index (χ0v) is 18.0. The molecule has 0 radical (unpaired) electrons. The maximum Gasteiger partial charge on any atom is 0.328 e. The van der Waals surface area contributed by atoms with Crippen molar-refractivity contribution in [3.8, 4) is 11.5 Å². The maximum absolute atomic E-state index is 13.1. The number of hydrogen-bond donors (Lipinski definition) is 2. The van der Waals surface area contributed by atoms with E-state index < -0.39 is 11.9 Å². The highest BCUT2D eigenvalue weighted by Gasteiger charge is 2.24. The number of anilines is 1. The molecule has 2 N–H and O–H groups in total. The lowest BCUT2D eigenvalue weighted by Crippen LogP contribution is -2.11. The van der Waals surface area contributed by atoms with Crippen LogP contribution in [0.5, 0.6) is 11.5 Å². The SMILES string of the molecule is COc1cccc(C=C2CCc3c2oc2cc(NC(=O)/C=C/C(=O)O)ccc2c3=O)c1OC. The van der Waals surface area contributed by atoms with Crippen LogP contribution in [-0.2, 0) is 16.0 Å². The number of ether oxygens (including phenoxy) is 2. The van der Waals surface area contributed by atoms with Gasteiger partial charge in [0.2, 0.25) is 5.91 Å². The van der Waals surface area contributed by atoms with Crippen molar-refractivity contribution in [3.05, 3.63) is 75.7 Å². The summed E-state index contributed by atoms with van der Waals surface area (Å²) in [6.45, 7) is 0. The first-order chi connectivity index (χ1) is 15.9. The molecule has 1 amide bonds. The van der Waals surface area contributed by atoms with Gasteiger partial charge in [-0.2, -0.15) is 0 Å². The maximum atomic E-state index is 13.1. The number of methoxy groups -OCH3 is 2. The molecule has 8 nitrogen and oxygen atoms in total. The molecule has 0 aliphatic heterocycles. The van der Waals surface area contributed by atoms with Crippen LogP contribution in [0, 0.1) is 0 Å². The molecule has 1 aromatic heterocycles. The van der Waals surface area contributed by atoms with Crippen molar-refractivity contribution in [2.75, 3.05) is 19.5 Å². The molecule has 0 atom stereocenters. The zero-order valence-electron chi connectivity index (χ0n) is 18.0. The third kappa shape index (κ3) is 4.36. The van der Waals surface area contributed by atoms with Gasteiger partial charge in [0.15, 0.2) is 16.9 Å². The summed E-state index contributed by atoms with van der Waals surface area (Å²) in [5, 5.41) is 11.6. The predicted molar refractivity (Wildman–Crippen MR) is 124 cm³/mol. The summed E-state index contributed by atoms with van der Waals surface area (Å²) in [5.74, 6) is -0.138. The van der Waals surface area contributed by atoms with Crippen LogP contribution in [0.2, 0.25) is 0 Å². The van der Waals surface area contributed by atoms with Crippen molar-refractivity contribution in [3.63, 3.8) is 0 Å². The molecule has 4 rings (SSSR count). The molecular formula is C25H21NO7. The minimum Gasteiger partial charge on any atom is -0.493 e. The normalized spacial score (nSPS) is 13.9. The van der Waals surface area contributed by atoms with E-state index >= 15 is 0 Å². The van der Waals surface area contributed by atoms with Crippen molar-refractivity contribution in [2.45, 2.75) is 12.8 Å². The minimum absolute atomic E-state index is 0.115. The van der Waals surface area contributed by atoms with Crippen molar-refractivity contribution in [1.82, 2.24) is 0 Å². The lowest BCUT2D eigenvalue weighted by molar-refractivity contribution is -0.131. The van der Waals surface area contributed by atoms with Gasteiger partial charge >= 0.3 is 5.97 Å². The molecule has 2 aromatic carbocycles. The lowest BCUT2D eigenvalue weighted by Gasteiger charge is -2.11. The summed E-state index contributed by atoms with van der Waals surface area (Å²) in [4.78, 5) is 35.5. The Morgan fingerprint density at radius 3 is 2.64 bits per heavy atom. The molecule has 0 saturated heterocycles. The Morgan fingerprint density at radius 2 is 1.91 bits per heavy atom. The Labute approximate surface area is 188 Å². The van der Waals surface area contributed by atoms with Crippen LogP contribution in [0.25, 0.3) is 22.6 Å². The summed E-state index contributed by atoms with van der Waals surface area (Å²) in [6.07, 6.45) is 4.77. The summed E-state index contributed by atoms with van der Waals surface area (Å²) in [6, 6.07) is 10.3. The molecule has 0 saturated carbocycles. The van der Waals surface area contributed by atoms with E-state index in [0.717, 1.165) is 23.3 Å². The zero-order chi connectivity index (χ0) is 23.5. The Bertz CT molecular complexity index is 1380. The Hall–Kier alpha value is -4.33. The van der Waals surface area contributed by atoms with Gasteiger partial charge in [-0.1, -0.05) is 12.1 Å². The number of carboxylic acid groups (broad SMARTS) is 1. The van der Waals surface area contributed by atoms with E-state index in [1.165, 1.54) is 0 Å². The van der Waals surface area contributed by atoms with Crippen LogP contribution in [0.3, 0.4) is 0 Å². The number of hydrogen-bond acceptors (Lipinski definition) is 6. The van der Waals surface area contributed by atoms with Crippen molar-refractivity contribution >= 4 is 40.2 Å². The molecule has 1 heterocycles. The Morgan fingerprint density at radius 1 is 1.09 bits per heavy atom. The van der Waals surface area contributed by atoms with Crippen LogP contribution >= 0.6 is 0 Å². The van der Waals surface area contributed by atoms with Gasteiger partial charge in [-0.05, 0) is 42.7 Å². The smallest absolute Gasteiger partial charge is 0.328 e. The summed E-state index contributed by atoms with van der Waals surface area (Å²) in [7, 11) is 3.14. The van der Waals surface area contributed by atoms with E-state index in [4.69, 9.17) is 19.0 Å². The van der Waals surface area contributed by atoms with Gasteiger partial charge in [0, 0.05) is 35.0 Å². The number of benzene rings is 2. The third-order valence-corrected chi connectivity index (χ3v) is 5.33. The van der Waals surface area contributed by atoms with E-state index in [1.807, 2.05) is 18.2 Å². The molecule has 1 aliphatic rings. The van der Waals surface area contributed by atoms with Crippen molar-refractivity contribution in [1.29, 1.82) is 0 Å². The van der Waals surface area contributed by atoms with Crippen LogP contribution in [-0.4, -0.2) is 31.2 Å². The van der Waals surface area contributed by atoms with Gasteiger partial charge in [-0.15, -0.1) is 0 Å². The third-order valence-electron chi connectivity index (χ3n) is 5.33. The number of carboxylic acids is 1. The number of para-hydroxylation sites is 1. The summed E-state index contributed by atoms with van der Waals surface area (Å²) in [5.41, 5.74) is 2.85. The van der Waals surface area contributed by atoms with Crippen molar-refractivity contribution in [2.24, 2.45) is 0 Å². The largest absolute Gasteiger partial charge is 0.493 e. The van der Waals surface area contributed by atoms with Gasteiger partial charge < -0.3 is 24.3 Å². The number of aliphatic carboxylic acids is 1. The van der Waals surface area contributed by atoms with E-state index in [1.54, 1.807) is 38.5 Å². The second-order valence-corrected chi connectivity index (χ2v) is 7.36. The van der Waals surface area contributed by atoms with Gasteiger partial charge in [-0.3, -0.25) is 9.59 Å². The highest BCUT2D eigenvalue weighted by molar-refractivity contribution is 6.03. The lowest BCUT2D eigenvalue weighted by atomic mass is 10.1. The molecule has 8 heteroatoms. The number of carbonyl (C=O) groups excluding carboxylic acids is 1. The van der Waals surface area contributed by atoms with Gasteiger partial charge in [0.1, 0.15) is 11.3 Å². The number of fused-ring (bicyclic) bond motifs is 2. The Balaban J connectivity index is 1.75. The molecule has 0 unspecified atom stereocenters. The molecule has 0 spiro atoms. The molecule has 1 aliphatic carbocycles. The number of nitrogens with one attached hydrogen (secondary N) is 1. The standard InChI is InChI=1S/C25H21NO7/c1-31-19-5-3-4-14(25(19)32-2)12-15-6-8-18-23(30)17-9-7-16(13-20(17)33-24(15)18)26-21(27)10-11-22(28)29/h3-5,7,9-13H,6,8H2,1-2H3,(H,26,27)(H,28,29)/b11-10+,15-12?. The van der Waals surface area contributed by atoms with E-state index in [2.05, 4.69) is 5.32 Å². The van der Waals surface area contributed by atoms with E-state index in [9.17, 15) is 14.4 Å². The second kappa shape index (κ2) is 9.04. The first kappa shape index (κ1) is 21.9. The second-order valence-electron chi connectivity index (χ2n) is 7.36. The monoisotopic (exact) mass is 447 g/mol. The fourth-order valence-electron chi connectivity index (χ4n) is 3.85. The molecule has 3 aromatic rings. The molecule has 33 heavy (non-hydrogen) atoms. The average molecular weight is 447 g/mol. The highest BCUT2D eigenvalue weighted by atomic mass is 16.5. The quantitative estimate of drug-likeness (QED) is 0.551. The molecular weight excluding hydrogens is 426 g/mol. The Kier molecular flexibility index (Phi) is 5.99. The van der Waals surface area contributed by atoms with E-state index in [-0.39, 0.29) is 5.43 Å². The van der Waals surface area contributed by atoms with Gasteiger partial charge in [0.05, 0.1) is 19.6 Å². The number of allylic oxidation sites excluding steroid dienone is 1. The van der Waals surface area contributed by atoms with Gasteiger partial charge in [0.25, 0.3) is 0 Å². The fourth-order valence-corrected chi connectivity index (χ4v) is 3.85. The van der Waals surface area contributed by atoms with Crippen LogP contribution in [0.4, 0.5) is 5.69 Å². The topological polar surface area (TPSA) is 115 Å². The molecule has 0 bridgehead atoms. The average Bonchev–Trinajstić information content (AvgIpc) is 3.20. The van der Waals surface area contributed by atoms with Crippen LogP contribution in [0.15, 0.2) is 57.8 Å². The molecule has 168 valence electrons. The molecule has 0 fully saturated rings. The first-order valence-corrected chi connectivity index (χ1v) is 10.1. The summed E-state index contributed by atoms with van der Waals surface area (Å²) < 4.78 is 17.0. The minimum atomic E-state index is -1.22. The highest BCUT2D eigenvalue weighted by Crippen LogP contribution is 2.38. The predicted octanol–water partition coefficient (Wildman–Crippen LogP) is 3.88. The number of carbonyl (C=O) groups is 2. The van der Waals surface area contributed by atoms with Gasteiger partial charge in [-0.25, -0.2) is 4.79 Å². The van der Waals surface area contributed by atoms with Crippen molar-refractivity contribution < 1.29 is 28.6 Å². The number of rotatable bonds is 6. The first-order valence-electron chi connectivity index (χ1n) is 10.1. The summed E-state index contributed by atoms with van der Waals surface area (Å²) >= 11 is 0. The number of amides is 1. The van der Waals surface area contributed by atoms with Crippen LogP contribution in [0.1, 0.15) is 23.3 Å². The fraction of sp³-hybridized carbons (Fsp3) is 0.160.